The third-order valence-corrected chi connectivity index (χ3v) is 3.32. The second-order valence-electron chi connectivity index (χ2n) is 4.10. The van der Waals surface area contributed by atoms with Crippen molar-refractivity contribution in [2.75, 3.05) is 5.32 Å². The van der Waals surface area contributed by atoms with Crippen LogP contribution in [0.4, 0.5) is 5.69 Å². The molecular formula is C14H17ClN2. The fraction of sp³-hybridized carbons (Fsp3) is 0.286. The zero-order valence-electron chi connectivity index (χ0n) is 10.2. The van der Waals surface area contributed by atoms with E-state index in [4.69, 9.17) is 11.6 Å². The molecule has 0 unspecified atom stereocenters. The summed E-state index contributed by atoms with van der Waals surface area (Å²) in [5.74, 6) is 0. The third kappa shape index (κ3) is 2.83. The molecule has 0 aliphatic carbocycles. The number of aromatic nitrogens is 1. The molecule has 2 aromatic rings. The van der Waals surface area contributed by atoms with Gasteiger partial charge in [-0.2, -0.15) is 0 Å². The molecule has 3 heteroatoms. The Bertz CT molecular complexity index is 503. The first kappa shape index (κ1) is 12.1. The van der Waals surface area contributed by atoms with E-state index in [1.54, 1.807) is 0 Å². The second kappa shape index (κ2) is 5.28. The standard InChI is InChI=1S/C14H17ClN2/c1-3-17-8-4-5-13(17)10-16-12-7-6-11(2)14(15)9-12/h4-9,16H,3,10H2,1-2H3. The molecule has 1 N–H and O–H groups in total. The van der Waals surface area contributed by atoms with E-state index < -0.39 is 0 Å². The van der Waals surface area contributed by atoms with Crippen molar-refractivity contribution in [3.8, 4) is 0 Å². The lowest BCUT2D eigenvalue weighted by Crippen LogP contribution is -2.05. The van der Waals surface area contributed by atoms with Crippen LogP contribution in [0.5, 0.6) is 0 Å². The van der Waals surface area contributed by atoms with Crippen molar-refractivity contribution in [2.45, 2.75) is 26.9 Å². The first-order valence-electron chi connectivity index (χ1n) is 5.84. The van der Waals surface area contributed by atoms with Gasteiger partial charge >= 0.3 is 0 Å². The minimum atomic E-state index is 0.806. The predicted octanol–water partition coefficient (Wildman–Crippen LogP) is 4.08. The van der Waals surface area contributed by atoms with Gasteiger partial charge in [-0.3, -0.25) is 0 Å². The minimum absolute atomic E-state index is 0.806. The van der Waals surface area contributed by atoms with Crippen molar-refractivity contribution in [2.24, 2.45) is 0 Å². The van der Waals surface area contributed by atoms with Crippen LogP contribution in [0.2, 0.25) is 5.02 Å². The molecule has 0 radical (unpaired) electrons. The van der Waals surface area contributed by atoms with E-state index in [1.165, 1.54) is 5.69 Å². The number of benzene rings is 1. The number of nitrogens with one attached hydrogen (secondary N) is 1. The van der Waals surface area contributed by atoms with Crippen molar-refractivity contribution < 1.29 is 0 Å². The topological polar surface area (TPSA) is 17.0 Å². The zero-order valence-corrected chi connectivity index (χ0v) is 11.0. The first-order chi connectivity index (χ1) is 8.20. The van der Waals surface area contributed by atoms with Crippen LogP contribution < -0.4 is 5.32 Å². The summed E-state index contributed by atoms with van der Waals surface area (Å²) in [6.07, 6.45) is 2.10. The van der Waals surface area contributed by atoms with Gasteiger partial charge in [0.15, 0.2) is 0 Å². The Labute approximate surface area is 107 Å². The summed E-state index contributed by atoms with van der Waals surface area (Å²) in [5, 5.41) is 4.19. The molecule has 2 rings (SSSR count). The summed E-state index contributed by atoms with van der Waals surface area (Å²) in [7, 11) is 0. The van der Waals surface area contributed by atoms with Crippen molar-refractivity contribution in [3.63, 3.8) is 0 Å². The van der Waals surface area contributed by atoms with Gasteiger partial charge in [0.25, 0.3) is 0 Å². The van der Waals surface area contributed by atoms with Gasteiger partial charge in [-0.05, 0) is 43.7 Å². The van der Waals surface area contributed by atoms with E-state index >= 15 is 0 Å². The van der Waals surface area contributed by atoms with Crippen molar-refractivity contribution in [3.05, 3.63) is 52.8 Å². The number of nitrogens with zero attached hydrogens (tertiary/aromatic N) is 1. The molecule has 0 spiro atoms. The lowest BCUT2D eigenvalue weighted by atomic mass is 10.2. The Morgan fingerprint density at radius 3 is 2.82 bits per heavy atom. The number of halogens is 1. The molecule has 2 nitrogen and oxygen atoms in total. The van der Waals surface area contributed by atoms with Crippen LogP contribution in [0.15, 0.2) is 36.5 Å². The molecular weight excluding hydrogens is 232 g/mol. The lowest BCUT2D eigenvalue weighted by Gasteiger charge is -2.10. The van der Waals surface area contributed by atoms with Crippen molar-refractivity contribution in [1.82, 2.24) is 4.57 Å². The normalized spacial score (nSPS) is 10.5. The van der Waals surface area contributed by atoms with E-state index in [0.29, 0.717) is 0 Å². The smallest absolute Gasteiger partial charge is 0.0553 e. The minimum Gasteiger partial charge on any atom is -0.379 e. The highest BCUT2D eigenvalue weighted by Crippen LogP contribution is 2.20. The Morgan fingerprint density at radius 1 is 1.29 bits per heavy atom. The molecule has 90 valence electrons. The molecule has 0 fully saturated rings. The van der Waals surface area contributed by atoms with E-state index in [-0.39, 0.29) is 0 Å². The Kier molecular flexibility index (Phi) is 3.75. The highest BCUT2D eigenvalue weighted by Gasteiger charge is 2.00. The molecule has 0 saturated heterocycles. The summed E-state index contributed by atoms with van der Waals surface area (Å²) in [5.41, 5.74) is 3.45. The van der Waals surface area contributed by atoms with Crippen molar-refractivity contribution >= 4 is 17.3 Å². The van der Waals surface area contributed by atoms with Gasteiger partial charge in [-0.1, -0.05) is 17.7 Å². The van der Waals surface area contributed by atoms with Crippen LogP contribution in [0.3, 0.4) is 0 Å². The van der Waals surface area contributed by atoms with Crippen molar-refractivity contribution in [1.29, 1.82) is 0 Å². The average molecular weight is 249 g/mol. The summed E-state index contributed by atoms with van der Waals surface area (Å²) in [4.78, 5) is 0. The third-order valence-electron chi connectivity index (χ3n) is 2.91. The lowest BCUT2D eigenvalue weighted by molar-refractivity contribution is 0.724. The Balaban J connectivity index is 2.05. The number of rotatable bonds is 4. The first-order valence-corrected chi connectivity index (χ1v) is 6.22. The molecule has 0 atom stereocenters. The van der Waals surface area contributed by atoms with Crippen LogP contribution >= 0.6 is 11.6 Å². The number of aryl methyl sites for hydroxylation is 2. The molecule has 0 aliphatic heterocycles. The van der Waals surface area contributed by atoms with Crippen LogP contribution in [0.25, 0.3) is 0 Å². The van der Waals surface area contributed by atoms with Gasteiger partial charge < -0.3 is 9.88 Å². The van der Waals surface area contributed by atoms with Gasteiger partial charge in [0.1, 0.15) is 0 Å². The van der Waals surface area contributed by atoms with Gasteiger partial charge in [0, 0.05) is 29.1 Å². The zero-order chi connectivity index (χ0) is 12.3. The van der Waals surface area contributed by atoms with E-state index in [2.05, 4.69) is 41.2 Å². The number of hydrogen-bond donors (Lipinski definition) is 1. The average Bonchev–Trinajstić information content (AvgIpc) is 2.78. The Hall–Kier alpha value is -1.41. The molecule has 17 heavy (non-hydrogen) atoms. The summed E-state index contributed by atoms with van der Waals surface area (Å²) in [6, 6.07) is 10.3. The highest BCUT2D eigenvalue weighted by atomic mass is 35.5. The predicted molar refractivity (Wildman–Crippen MR) is 73.6 cm³/mol. The molecule has 1 aromatic carbocycles. The molecule has 0 aliphatic rings. The van der Waals surface area contributed by atoms with Crippen LogP contribution in [-0.2, 0) is 13.1 Å². The summed E-state index contributed by atoms with van der Waals surface area (Å²) >= 11 is 6.09. The number of anilines is 1. The maximum atomic E-state index is 6.09. The molecule has 0 bridgehead atoms. The summed E-state index contributed by atoms with van der Waals surface area (Å²) in [6.45, 7) is 5.97. The second-order valence-corrected chi connectivity index (χ2v) is 4.51. The fourth-order valence-corrected chi connectivity index (χ4v) is 1.99. The van der Waals surface area contributed by atoms with Gasteiger partial charge in [0.2, 0.25) is 0 Å². The number of hydrogen-bond acceptors (Lipinski definition) is 1. The monoisotopic (exact) mass is 248 g/mol. The Morgan fingerprint density at radius 2 is 2.12 bits per heavy atom. The molecule has 1 heterocycles. The largest absolute Gasteiger partial charge is 0.379 e. The summed E-state index contributed by atoms with van der Waals surface area (Å²) < 4.78 is 2.22. The van der Waals surface area contributed by atoms with E-state index in [1.807, 2.05) is 19.1 Å². The maximum absolute atomic E-state index is 6.09. The molecule has 1 aromatic heterocycles. The molecule has 0 saturated carbocycles. The highest BCUT2D eigenvalue weighted by molar-refractivity contribution is 6.31. The van der Waals surface area contributed by atoms with Crippen LogP contribution in [-0.4, -0.2) is 4.57 Å². The molecule has 0 amide bonds. The SMILES string of the molecule is CCn1cccc1CNc1ccc(C)c(Cl)c1. The van der Waals surface area contributed by atoms with Gasteiger partial charge in [-0.15, -0.1) is 0 Å². The van der Waals surface area contributed by atoms with Gasteiger partial charge in [0.05, 0.1) is 6.54 Å². The van der Waals surface area contributed by atoms with Gasteiger partial charge in [-0.25, -0.2) is 0 Å². The van der Waals surface area contributed by atoms with E-state index in [0.717, 1.165) is 29.4 Å². The van der Waals surface area contributed by atoms with E-state index in [9.17, 15) is 0 Å². The maximum Gasteiger partial charge on any atom is 0.0553 e. The van der Waals surface area contributed by atoms with Crippen LogP contribution in [0.1, 0.15) is 18.2 Å². The fourth-order valence-electron chi connectivity index (χ4n) is 1.81. The quantitative estimate of drug-likeness (QED) is 0.863. The van der Waals surface area contributed by atoms with Crippen LogP contribution in [0, 0.1) is 6.92 Å².